The standard InChI is InChI=1S/C18H26O4/c1-22-18(21)12-8-3-2-7-11-16(19)13-14-17(20)15-9-5-4-6-10-15/h4-6,9-10,17,20H,2-3,7-8,11-14H2,1H3. The third-order valence-electron chi connectivity index (χ3n) is 3.70. The van der Waals surface area contributed by atoms with E-state index >= 15 is 0 Å². The maximum Gasteiger partial charge on any atom is 0.305 e. The van der Waals surface area contributed by atoms with E-state index in [0.717, 1.165) is 31.2 Å². The fourth-order valence-corrected chi connectivity index (χ4v) is 2.31. The SMILES string of the molecule is COC(=O)CCCCCCC(=O)CCC(O)c1ccccc1. The van der Waals surface area contributed by atoms with Crippen molar-refractivity contribution in [2.75, 3.05) is 7.11 Å². The van der Waals surface area contributed by atoms with E-state index in [0.29, 0.717) is 25.7 Å². The molecule has 0 amide bonds. The maximum absolute atomic E-state index is 11.8. The molecule has 4 nitrogen and oxygen atoms in total. The Morgan fingerprint density at radius 3 is 2.27 bits per heavy atom. The van der Waals surface area contributed by atoms with Crippen LogP contribution in [0.25, 0.3) is 0 Å². The van der Waals surface area contributed by atoms with E-state index in [1.807, 2.05) is 30.3 Å². The predicted octanol–water partition coefficient (Wildman–Crippen LogP) is 3.58. The molecule has 0 aromatic heterocycles. The van der Waals surface area contributed by atoms with Gasteiger partial charge in [0.05, 0.1) is 13.2 Å². The summed E-state index contributed by atoms with van der Waals surface area (Å²) in [6.07, 6.45) is 4.88. The zero-order valence-electron chi connectivity index (χ0n) is 13.3. The van der Waals surface area contributed by atoms with Gasteiger partial charge in [-0.2, -0.15) is 0 Å². The number of Topliss-reactive ketones (excluding diaryl/α,β-unsaturated/α-hetero) is 1. The topological polar surface area (TPSA) is 63.6 Å². The molecule has 1 aromatic rings. The van der Waals surface area contributed by atoms with Crippen molar-refractivity contribution in [3.63, 3.8) is 0 Å². The summed E-state index contributed by atoms with van der Waals surface area (Å²) in [6.45, 7) is 0. The van der Waals surface area contributed by atoms with E-state index in [-0.39, 0.29) is 11.8 Å². The van der Waals surface area contributed by atoms with Crippen LogP contribution in [-0.4, -0.2) is 24.0 Å². The number of ether oxygens (including phenoxy) is 1. The van der Waals surface area contributed by atoms with Crippen molar-refractivity contribution in [3.05, 3.63) is 35.9 Å². The first-order valence-electron chi connectivity index (χ1n) is 7.95. The van der Waals surface area contributed by atoms with Gasteiger partial charge in [-0.15, -0.1) is 0 Å². The van der Waals surface area contributed by atoms with Gasteiger partial charge >= 0.3 is 5.97 Å². The number of methoxy groups -OCH3 is 1. The van der Waals surface area contributed by atoms with Crippen LogP contribution in [0.5, 0.6) is 0 Å². The lowest BCUT2D eigenvalue weighted by Crippen LogP contribution is -2.03. The van der Waals surface area contributed by atoms with Crippen LogP contribution < -0.4 is 0 Å². The van der Waals surface area contributed by atoms with Gasteiger partial charge in [0.2, 0.25) is 0 Å². The molecule has 1 N–H and O–H groups in total. The molecule has 0 aliphatic rings. The quantitative estimate of drug-likeness (QED) is 0.501. The molecule has 0 bridgehead atoms. The van der Waals surface area contributed by atoms with Gasteiger partial charge in [-0.25, -0.2) is 0 Å². The molecule has 0 saturated carbocycles. The third kappa shape index (κ3) is 7.93. The molecule has 0 saturated heterocycles. The van der Waals surface area contributed by atoms with E-state index in [2.05, 4.69) is 4.74 Å². The normalized spacial score (nSPS) is 11.9. The number of ketones is 1. The number of hydrogen-bond donors (Lipinski definition) is 1. The highest BCUT2D eigenvalue weighted by atomic mass is 16.5. The fourth-order valence-electron chi connectivity index (χ4n) is 2.31. The zero-order chi connectivity index (χ0) is 16.2. The molecule has 0 radical (unpaired) electrons. The van der Waals surface area contributed by atoms with Crippen LogP contribution in [0.2, 0.25) is 0 Å². The summed E-state index contributed by atoms with van der Waals surface area (Å²) in [5.74, 6) is 0.0222. The number of rotatable bonds is 11. The lowest BCUT2D eigenvalue weighted by Gasteiger charge is -2.10. The van der Waals surface area contributed by atoms with Crippen LogP contribution in [-0.2, 0) is 14.3 Å². The van der Waals surface area contributed by atoms with E-state index < -0.39 is 6.10 Å². The molecule has 1 aromatic carbocycles. The largest absolute Gasteiger partial charge is 0.469 e. The van der Waals surface area contributed by atoms with E-state index in [4.69, 9.17) is 0 Å². The number of hydrogen-bond acceptors (Lipinski definition) is 4. The molecule has 1 rings (SSSR count). The highest BCUT2D eigenvalue weighted by Crippen LogP contribution is 2.18. The summed E-state index contributed by atoms with van der Waals surface area (Å²) in [5.41, 5.74) is 0.859. The third-order valence-corrected chi connectivity index (χ3v) is 3.70. The van der Waals surface area contributed by atoms with Crippen LogP contribution in [0.3, 0.4) is 0 Å². The Morgan fingerprint density at radius 2 is 1.64 bits per heavy atom. The van der Waals surface area contributed by atoms with Crippen LogP contribution in [0.4, 0.5) is 0 Å². The summed E-state index contributed by atoms with van der Waals surface area (Å²) in [6, 6.07) is 9.41. The van der Waals surface area contributed by atoms with Gasteiger partial charge in [-0.3, -0.25) is 9.59 Å². The Hall–Kier alpha value is -1.68. The smallest absolute Gasteiger partial charge is 0.305 e. The lowest BCUT2D eigenvalue weighted by molar-refractivity contribution is -0.140. The Morgan fingerprint density at radius 1 is 1.00 bits per heavy atom. The molecule has 122 valence electrons. The number of benzene rings is 1. The first-order chi connectivity index (χ1) is 10.6. The van der Waals surface area contributed by atoms with Crippen LogP contribution >= 0.6 is 0 Å². The highest BCUT2D eigenvalue weighted by molar-refractivity contribution is 5.78. The van der Waals surface area contributed by atoms with Crippen molar-refractivity contribution in [1.82, 2.24) is 0 Å². The molecule has 0 fully saturated rings. The van der Waals surface area contributed by atoms with Gasteiger partial charge in [0.15, 0.2) is 0 Å². The molecular weight excluding hydrogens is 280 g/mol. The Kier molecular flexibility index (Phi) is 9.15. The summed E-state index contributed by atoms with van der Waals surface area (Å²) in [5, 5.41) is 9.99. The maximum atomic E-state index is 11.8. The van der Waals surface area contributed by atoms with Gasteiger partial charge in [-0.05, 0) is 24.8 Å². The number of esters is 1. The first-order valence-corrected chi connectivity index (χ1v) is 7.95. The Labute approximate surface area is 132 Å². The van der Waals surface area contributed by atoms with E-state index in [9.17, 15) is 14.7 Å². The van der Waals surface area contributed by atoms with Gasteiger partial charge < -0.3 is 9.84 Å². The zero-order valence-corrected chi connectivity index (χ0v) is 13.3. The van der Waals surface area contributed by atoms with Crippen LogP contribution in [0, 0.1) is 0 Å². The molecule has 0 aliphatic heterocycles. The van der Waals surface area contributed by atoms with Crippen molar-refractivity contribution >= 4 is 11.8 Å². The summed E-state index contributed by atoms with van der Waals surface area (Å²) >= 11 is 0. The Balaban J connectivity index is 2.05. The Bertz CT molecular complexity index is 442. The monoisotopic (exact) mass is 306 g/mol. The van der Waals surface area contributed by atoms with Crippen molar-refractivity contribution < 1.29 is 19.4 Å². The van der Waals surface area contributed by atoms with Gasteiger partial charge in [0, 0.05) is 19.3 Å². The van der Waals surface area contributed by atoms with Crippen molar-refractivity contribution in [1.29, 1.82) is 0 Å². The average molecular weight is 306 g/mol. The van der Waals surface area contributed by atoms with Gasteiger partial charge in [0.1, 0.15) is 5.78 Å². The molecule has 0 heterocycles. The highest BCUT2D eigenvalue weighted by Gasteiger charge is 2.10. The first kappa shape index (κ1) is 18.4. The fraction of sp³-hybridized carbons (Fsp3) is 0.556. The molecule has 1 unspecified atom stereocenters. The molecule has 0 aliphatic carbocycles. The molecule has 22 heavy (non-hydrogen) atoms. The number of aliphatic hydroxyl groups is 1. The number of unbranched alkanes of at least 4 members (excludes halogenated alkanes) is 3. The van der Waals surface area contributed by atoms with Crippen molar-refractivity contribution in [3.8, 4) is 0 Å². The summed E-state index contributed by atoms with van der Waals surface area (Å²) in [4.78, 5) is 22.7. The van der Waals surface area contributed by atoms with Crippen molar-refractivity contribution in [2.45, 2.75) is 57.5 Å². The number of carbonyl (C=O) groups is 2. The molecular formula is C18H26O4. The van der Waals surface area contributed by atoms with Crippen LogP contribution in [0.1, 0.15) is 63.0 Å². The van der Waals surface area contributed by atoms with E-state index in [1.165, 1.54) is 7.11 Å². The van der Waals surface area contributed by atoms with Crippen LogP contribution in [0.15, 0.2) is 30.3 Å². The summed E-state index contributed by atoms with van der Waals surface area (Å²) < 4.78 is 4.57. The predicted molar refractivity (Wildman–Crippen MR) is 85.4 cm³/mol. The second-order valence-corrected chi connectivity index (χ2v) is 5.49. The number of aliphatic hydroxyl groups excluding tert-OH is 1. The van der Waals surface area contributed by atoms with E-state index in [1.54, 1.807) is 0 Å². The average Bonchev–Trinajstić information content (AvgIpc) is 2.56. The van der Waals surface area contributed by atoms with Crippen molar-refractivity contribution in [2.24, 2.45) is 0 Å². The number of carbonyl (C=O) groups excluding carboxylic acids is 2. The molecule has 4 heteroatoms. The molecule has 1 atom stereocenters. The van der Waals surface area contributed by atoms with Gasteiger partial charge in [0.25, 0.3) is 0 Å². The second kappa shape index (κ2) is 11.0. The molecule has 0 spiro atoms. The second-order valence-electron chi connectivity index (χ2n) is 5.49. The lowest BCUT2D eigenvalue weighted by atomic mass is 10.0. The minimum atomic E-state index is -0.565. The van der Waals surface area contributed by atoms with Gasteiger partial charge in [-0.1, -0.05) is 43.2 Å². The minimum absolute atomic E-state index is 0.175. The minimum Gasteiger partial charge on any atom is -0.469 e. The summed E-state index contributed by atoms with van der Waals surface area (Å²) in [7, 11) is 1.39.